The lowest BCUT2D eigenvalue weighted by Gasteiger charge is -2.17. The van der Waals surface area contributed by atoms with Gasteiger partial charge in [0.2, 0.25) is 6.29 Å². The first-order valence-corrected chi connectivity index (χ1v) is 5.65. The standard InChI is InChI=1S/C13H14O6/c1-2-18-13(10(16)7-14)9-5-3-4-6-11(9)19-12(17)8-15/h3-6,8,13-14H,2,7H2,1H3. The normalized spacial score (nSPS) is 11.7. The van der Waals surface area contributed by atoms with E-state index in [2.05, 4.69) is 0 Å². The molecule has 0 aliphatic carbocycles. The number of hydrogen-bond donors (Lipinski definition) is 1. The maximum atomic E-state index is 11.6. The van der Waals surface area contributed by atoms with Crippen molar-refractivity contribution in [2.24, 2.45) is 0 Å². The van der Waals surface area contributed by atoms with Gasteiger partial charge in [-0.3, -0.25) is 9.59 Å². The number of ketones is 1. The zero-order valence-corrected chi connectivity index (χ0v) is 10.4. The molecule has 1 N–H and O–H groups in total. The first kappa shape index (κ1) is 15.0. The minimum Gasteiger partial charge on any atom is -0.421 e. The Morgan fingerprint density at radius 1 is 1.37 bits per heavy atom. The highest BCUT2D eigenvalue weighted by molar-refractivity contribution is 6.21. The zero-order valence-electron chi connectivity index (χ0n) is 10.4. The van der Waals surface area contributed by atoms with Crippen LogP contribution in [-0.4, -0.2) is 36.4 Å². The minimum atomic E-state index is -1.07. The molecular formula is C13H14O6. The molecule has 0 radical (unpaired) electrons. The smallest absolute Gasteiger partial charge is 0.376 e. The molecule has 0 amide bonds. The van der Waals surface area contributed by atoms with E-state index in [1.165, 1.54) is 12.1 Å². The second-order valence-corrected chi connectivity index (χ2v) is 3.54. The molecule has 102 valence electrons. The number of carbonyl (C=O) groups excluding carboxylic acids is 3. The Morgan fingerprint density at radius 3 is 2.63 bits per heavy atom. The van der Waals surface area contributed by atoms with E-state index < -0.39 is 24.5 Å². The number of rotatable bonds is 7. The number of benzene rings is 1. The molecule has 1 atom stereocenters. The second kappa shape index (κ2) is 7.40. The summed E-state index contributed by atoms with van der Waals surface area (Å²) in [5.74, 6) is -1.57. The number of esters is 1. The Labute approximate surface area is 109 Å². The van der Waals surface area contributed by atoms with Crippen molar-refractivity contribution in [3.8, 4) is 5.75 Å². The first-order valence-electron chi connectivity index (χ1n) is 5.65. The fourth-order valence-electron chi connectivity index (χ4n) is 1.53. The van der Waals surface area contributed by atoms with E-state index in [0.29, 0.717) is 5.56 Å². The lowest BCUT2D eigenvalue weighted by molar-refractivity contribution is -0.141. The van der Waals surface area contributed by atoms with Crippen LogP contribution in [-0.2, 0) is 19.1 Å². The molecule has 1 aromatic rings. The summed E-state index contributed by atoms with van der Waals surface area (Å²) in [6.07, 6.45) is -1.01. The monoisotopic (exact) mass is 266 g/mol. The van der Waals surface area contributed by atoms with E-state index in [-0.39, 0.29) is 18.6 Å². The van der Waals surface area contributed by atoms with Crippen molar-refractivity contribution in [1.29, 1.82) is 0 Å². The number of aliphatic hydroxyl groups is 1. The molecule has 19 heavy (non-hydrogen) atoms. The Bertz CT molecular complexity index is 468. The lowest BCUT2D eigenvalue weighted by atomic mass is 10.0. The van der Waals surface area contributed by atoms with Gasteiger partial charge in [0, 0.05) is 12.2 Å². The molecule has 0 fully saturated rings. The second-order valence-electron chi connectivity index (χ2n) is 3.54. The van der Waals surface area contributed by atoms with E-state index in [4.69, 9.17) is 14.6 Å². The summed E-state index contributed by atoms with van der Waals surface area (Å²) >= 11 is 0. The number of hydrogen-bond acceptors (Lipinski definition) is 6. The molecule has 0 aliphatic rings. The highest BCUT2D eigenvalue weighted by atomic mass is 16.5. The van der Waals surface area contributed by atoms with Crippen LogP contribution < -0.4 is 4.74 Å². The third-order valence-corrected chi connectivity index (χ3v) is 2.29. The van der Waals surface area contributed by atoms with Crippen LogP contribution >= 0.6 is 0 Å². The van der Waals surface area contributed by atoms with Crippen molar-refractivity contribution in [3.05, 3.63) is 29.8 Å². The van der Waals surface area contributed by atoms with E-state index in [1.54, 1.807) is 19.1 Å². The average molecular weight is 266 g/mol. The Kier molecular flexibility index (Phi) is 5.84. The first-order chi connectivity index (χ1) is 9.13. The van der Waals surface area contributed by atoms with E-state index >= 15 is 0 Å². The van der Waals surface area contributed by atoms with E-state index in [0.717, 1.165) is 0 Å². The third kappa shape index (κ3) is 3.97. The van der Waals surface area contributed by atoms with Crippen molar-refractivity contribution < 1.29 is 29.0 Å². The number of ether oxygens (including phenoxy) is 2. The van der Waals surface area contributed by atoms with Gasteiger partial charge < -0.3 is 14.6 Å². The van der Waals surface area contributed by atoms with Gasteiger partial charge in [-0.05, 0) is 13.0 Å². The summed E-state index contributed by atoms with van der Waals surface area (Å²) in [7, 11) is 0. The largest absolute Gasteiger partial charge is 0.421 e. The molecule has 0 heterocycles. The van der Waals surface area contributed by atoms with Gasteiger partial charge in [0.1, 0.15) is 18.5 Å². The number of Topliss-reactive ketones (excluding diaryl/α,β-unsaturated/α-hetero) is 1. The van der Waals surface area contributed by atoms with Crippen LogP contribution in [0.1, 0.15) is 18.6 Å². The molecule has 0 bridgehead atoms. The molecule has 6 nitrogen and oxygen atoms in total. The average Bonchev–Trinajstić information content (AvgIpc) is 2.44. The highest BCUT2D eigenvalue weighted by Gasteiger charge is 2.24. The molecule has 1 rings (SSSR count). The Balaban J connectivity index is 3.11. The molecule has 0 saturated heterocycles. The van der Waals surface area contributed by atoms with Crippen LogP contribution in [0.2, 0.25) is 0 Å². The quantitative estimate of drug-likeness (QED) is 0.333. The summed E-state index contributed by atoms with van der Waals surface area (Å²) in [6, 6.07) is 6.18. The summed E-state index contributed by atoms with van der Waals surface area (Å²) in [5, 5.41) is 8.92. The fraction of sp³-hybridized carbons (Fsp3) is 0.308. The van der Waals surface area contributed by atoms with Crippen LogP contribution in [0, 0.1) is 0 Å². The number of aliphatic hydroxyl groups excluding tert-OH is 1. The van der Waals surface area contributed by atoms with Crippen LogP contribution in [0.3, 0.4) is 0 Å². The van der Waals surface area contributed by atoms with Gasteiger partial charge in [-0.2, -0.15) is 0 Å². The maximum absolute atomic E-state index is 11.6. The number of para-hydroxylation sites is 1. The van der Waals surface area contributed by atoms with Crippen molar-refractivity contribution in [2.45, 2.75) is 13.0 Å². The third-order valence-electron chi connectivity index (χ3n) is 2.29. The summed E-state index contributed by atoms with van der Waals surface area (Å²) in [4.78, 5) is 32.9. The van der Waals surface area contributed by atoms with Crippen molar-refractivity contribution >= 4 is 18.0 Å². The molecule has 6 heteroatoms. The Morgan fingerprint density at radius 2 is 2.05 bits per heavy atom. The predicted octanol–water partition coefficient (Wildman–Crippen LogP) is 0.430. The van der Waals surface area contributed by atoms with Gasteiger partial charge in [0.05, 0.1) is 0 Å². The minimum absolute atomic E-state index is 0.0281. The fourth-order valence-corrected chi connectivity index (χ4v) is 1.53. The topological polar surface area (TPSA) is 89.9 Å². The van der Waals surface area contributed by atoms with Crippen LogP contribution in [0.25, 0.3) is 0 Å². The van der Waals surface area contributed by atoms with Gasteiger partial charge in [-0.25, -0.2) is 4.79 Å². The van der Waals surface area contributed by atoms with E-state index in [9.17, 15) is 14.4 Å². The number of aldehydes is 1. The van der Waals surface area contributed by atoms with E-state index in [1.807, 2.05) is 0 Å². The van der Waals surface area contributed by atoms with Crippen molar-refractivity contribution in [2.75, 3.05) is 13.2 Å². The molecule has 1 unspecified atom stereocenters. The molecule has 0 spiro atoms. The van der Waals surface area contributed by atoms with Crippen LogP contribution in [0.4, 0.5) is 0 Å². The van der Waals surface area contributed by atoms with Gasteiger partial charge in [0.25, 0.3) is 0 Å². The SMILES string of the molecule is CCOC(C(=O)CO)c1ccccc1OC(=O)C=O. The van der Waals surface area contributed by atoms with Gasteiger partial charge >= 0.3 is 5.97 Å². The van der Waals surface area contributed by atoms with Crippen molar-refractivity contribution in [3.63, 3.8) is 0 Å². The molecule has 1 aromatic carbocycles. The summed E-state index contributed by atoms with van der Waals surface area (Å²) < 4.78 is 10.0. The zero-order chi connectivity index (χ0) is 14.3. The Hall–Kier alpha value is -2.05. The number of carbonyl (C=O) groups is 3. The molecule has 0 aliphatic heterocycles. The lowest BCUT2D eigenvalue weighted by Crippen LogP contribution is -2.21. The highest BCUT2D eigenvalue weighted by Crippen LogP contribution is 2.28. The summed E-state index contributed by atoms with van der Waals surface area (Å²) in [6.45, 7) is 1.24. The van der Waals surface area contributed by atoms with Crippen LogP contribution in [0.5, 0.6) is 5.75 Å². The van der Waals surface area contributed by atoms with Gasteiger partial charge in [-0.1, -0.05) is 18.2 Å². The molecule has 0 aromatic heterocycles. The predicted molar refractivity (Wildman–Crippen MR) is 64.6 cm³/mol. The van der Waals surface area contributed by atoms with Gasteiger partial charge in [0.15, 0.2) is 5.78 Å². The van der Waals surface area contributed by atoms with Gasteiger partial charge in [-0.15, -0.1) is 0 Å². The molecule has 0 saturated carbocycles. The maximum Gasteiger partial charge on any atom is 0.376 e. The summed E-state index contributed by atoms with van der Waals surface area (Å²) in [5.41, 5.74) is 0.290. The van der Waals surface area contributed by atoms with Crippen LogP contribution in [0.15, 0.2) is 24.3 Å². The van der Waals surface area contributed by atoms with Crippen molar-refractivity contribution in [1.82, 2.24) is 0 Å². The molecular weight excluding hydrogens is 252 g/mol.